The van der Waals surface area contributed by atoms with E-state index >= 15 is 0 Å². The molecule has 1 aromatic heterocycles. The molecular formula is C10H13ClO2S. The number of hydrogen-bond donors (Lipinski definition) is 1. The van der Waals surface area contributed by atoms with E-state index in [1.807, 2.05) is 11.4 Å². The quantitative estimate of drug-likeness (QED) is 0.865. The van der Waals surface area contributed by atoms with E-state index < -0.39 is 5.60 Å². The van der Waals surface area contributed by atoms with Crippen LogP contribution in [0.5, 0.6) is 0 Å². The second kappa shape index (κ2) is 3.81. The predicted molar refractivity (Wildman–Crippen MR) is 57.8 cm³/mol. The Labute approximate surface area is 92.5 Å². The molecule has 1 N–H and O–H groups in total. The van der Waals surface area contributed by atoms with Gasteiger partial charge in [0.15, 0.2) is 0 Å². The van der Waals surface area contributed by atoms with Crippen LogP contribution in [0, 0.1) is 5.92 Å². The Morgan fingerprint density at radius 1 is 1.71 bits per heavy atom. The standard InChI is InChI=1S/C10H13ClO2S/c1-13-6-10(12,7-2-3-7)9-8(11)4-5-14-9/h4-5,7,12H,2-3,6H2,1H3. The minimum atomic E-state index is -0.861. The zero-order valence-electron chi connectivity index (χ0n) is 8.00. The summed E-state index contributed by atoms with van der Waals surface area (Å²) in [5, 5.41) is 13.1. The van der Waals surface area contributed by atoms with Gasteiger partial charge in [-0.05, 0) is 30.2 Å². The second-order valence-electron chi connectivity index (χ2n) is 3.73. The third-order valence-electron chi connectivity index (χ3n) is 2.63. The van der Waals surface area contributed by atoms with Gasteiger partial charge >= 0.3 is 0 Å². The third kappa shape index (κ3) is 1.70. The lowest BCUT2D eigenvalue weighted by Crippen LogP contribution is -2.33. The zero-order valence-corrected chi connectivity index (χ0v) is 9.57. The maximum atomic E-state index is 10.5. The van der Waals surface area contributed by atoms with Crippen LogP contribution in [0.25, 0.3) is 0 Å². The van der Waals surface area contributed by atoms with E-state index in [1.165, 1.54) is 11.3 Å². The van der Waals surface area contributed by atoms with Crippen molar-refractivity contribution >= 4 is 22.9 Å². The van der Waals surface area contributed by atoms with Crippen LogP contribution < -0.4 is 0 Å². The van der Waals surface area contributed by atoms with Crippen molar-refractivity contribution in [3.8, 4) is 0 Å². The van der Waals surface area contributed by atoms with Gasteiger partial charge in [0.05, 0.1) is 16.5 Å². The van der Waals surface area contributed by atoms with Crippen LogP contribution in [0.4, 0.5) is 0 Å². The van der Waals surface area contributed by atoms with E-state index in [2.05, 4.69) is 0 Å². The second-order valence-corrected chi connectivity index (χ2v) is 5.05. The lowest BCUT2D eigenvalue weighted by atomic mass is 9.97. The minimum Gasteiger partial charge on any atom is -0.382 e. The molecule has 14 heavy (non-hydrogen) atoms. The molecule has 0 bridgehead atoms. The van der Waals surface area contributed by atoms with Crippen molar-refractivity contribution in [2.75, 3.05) is 13.7 Å². The summed E-state index contributed by atoms with van der Waals surface area (Å²) in [5.74, 6) is 0.318. The highest BCUT2D eigenvalue weighted by Crippen LogP contribution is 2.49. The lowest BCUT2D eigenvalue weighted by molar-refractivity contribution is -0.0504. The highest BCUT2D eigenvalue weighted by atomic mass is 35.5. The molecule has 1 atom stereocenters. The molecule has 1 aromatic rings. The predicted octanol–water partition coefficient (Wildman–Crippen LogP) is 2.65. The van der Waals surface area contributed by atoms with E-state index in [9.17, 15) is 5.11 Å². The third-order valence-corrected chi connectivity index (χ3v) is 4.14. The summed E-state index contributed by atoms with van der Waals surface area (Å²) in [5.41, 5.74) is -0.861. The molecule has 0 radical (unpaired) electrons. The average molecular weight is 233 g/mol. The number of ether oxygens (including phenoxy) is 1. The van der Waals surface area contributed by atoms with Gasteiger partial charge in [0.2, 0.25) is 0 Å². The molecule has 0 amide bonds. The molecule has 1 unspecified atom stereocenters. The Hall–Kier alpha value is -0.0900. The molecule has 4 heteroatoms. The van der Waals surface area contributed by atoms with Gasteiger partial charge in [-0.25, -0.2) is 0 Å². The van der Waals surface area contributed by atoms with Crippen molar-refractivity contribution in [1.29, 1.82) is 0 Å². The Morgan fingerprint density at radius 2 is 2.43 bits per heavy atom. The first-order chi connectivity index (χ1) is 6.68. The van der Waals surface area contributed by atoms with E-state index in [1.54, 1.807) is 7.11 Å². The van der Waals surface area contributed by atoms with Gasteiger partial charge in [0.25, 0.3) is 0 Å². The van der Waals surface area contributed by atoms with Gasteiger partial charge in [-0.3, -0.25) is 0 Å². The first-order valence-electron chi connectivity index (χ1n) is 4.63. The summed E-state index contributed by atoms with van der Waals surface area (Å²) < 4.78 is 5.09. The van der Waals surface area contributed by atoms with E-state index in [-0.39, 0.29) is 0 Å². The molecule has 0 saturated heterocycles. The van der Waals surface area contributed by atoms with Crippen molar-refractivity contribution in [3.05, 3.63) is 21.3 Å². The molecule has 1 saturated carbocycles. The van der Waals surface area contributed by atoms with Crippen LogP contribution in [-0.2, 0) is 10.3 Å². The number of halogens is 1. The Kier molecular flexibility index (Phi) is 2.84. The fraction of sp³-hybridized carbons (Fsp3) is 0.600. The smallest absolute Gasteiger partial charge is 0.126 e. The largest absolute Gasteiger partial charge is 0.382 e. The Morgan fingerprint density at radius 3 is 2.86 bits per heavy atom. The van der Waals surface area contributed by atoms with Crippen molar-refractivity contribution in [2.24, 2.45) is 5.92 Å². The van der Waals surface area contributed by atoms with Crippen LogP contribution in [0.1, 0.15) is 17.7 Å². The molecular weight excluding hydrogens is 220 g/mol. The zero-order chi connectivity index (χ0) is 10.2. The summed E-state index contributed by atoms with van der Waals surface area (Å²) in [6.45, 7) is 0.331. The van der Waals surface area contributed by atoms with E-state index in [0.29, 0.717) is 17.5 Å². The van der Waals surface area contributed by atoms with Gasteiger partial charge in [-0.15, -0.1) is 11.3 Å². The van der Waals surface area contributed by atoms with Crippen molar-refractivity contribution in [2.45, 2.75) is 18.4 Å². The monoisotopic (exact) mass is 232 g/mol. The van der Waals surface area contributed by atoms with Crippen LogP contribution in [0.2, 0.25) is 5.02 Å². The molecule has 1 heterocycles. The average Bonchev–Trinajstić information content (AvgIpc) is 2.90. The highest BCUT2D eigenvalue weighted by Gasteiger charge is 2.47. The number of methoxy groups -OCH3 is 1. The molecule has 0 spiro atoms. The molecule has 2 rings (SSSR count). The van der Waals surface area contributed by atoms with Crippen LogP contribution in [-0.4, -0.2) is 18.8 Å². The molecule has 0 aromatic carbocycles. The maximum Gasteiger partial charge on any atom is 0.126 e. The Balaban J connectivity index is 2.30. The Bertz CT molecular complexity index is 322. The fourth-order valence-electron chi connectivity index (χ4n) is 1.75. The van der Waals surface area contributed by atoms with E-state index in [4.69, 9.17) is 16.3 Å². The van der Waals surface area contributed by atoms with Crippen LogP contribution in [0.3, 0.4) is 0 Å². The summed E-state index contributed by atoms with van der Waals surface area (Å²) in [6, 6.07) is 1.82. The number of rotatable bonds is 4. The number of hydrogen-bond acceptors (Lipinski definition) is 3. The maximum absolute atomic E-state index is 10.5. The van der Waals surface area contributed by atoms with Gasteiger partial charge in [0, 0.05) is 7.11 Å². The minimum absolute atomic E-state index is 0.318. The molecule has 1 aliphatic carbocycles. The fourth-order valence-corrected chi connectivity index (χ4v) is 3.14. The van der Waals surface area contributed by atoms with Gasteiger partial charge in [-0.1, -0.05) is 11.6 Å². The summed E-state index contributed by atoms with van der Waals surface area (Å²) in [4.78, 5) is 0.850. The highest BCUT2D eigenvalue weighted by molar-refractivity contribution is 7.10. The van der Waals surface area contributed by atoms with Crippen molar-refractivity contribution < 1.29 is 9.84 Å². The topological polar surface area (TPSA) is 29.5 Å². The van der Waals surface area contributed by atoms with Crippen molar-refractivity contribution in [3.63, 3.8) is 0 Å². The SMILES string of the molecule is COCC(O)(c1sccc1Cl)C1CC1. The number of thiophene rings is 1. The normalized spacial score (nSPS) is 20.8. The summed E-state index contributed by atoms with van der Waals surface area (Å²) >= 11 is 7.53. The van der Waals surface area contributed by atoms with Gasteiger partial charge in [0.1, 0.15) is 5.60 Å². The molecule has 1 fully saturated rings. The molecule has 0 aliphatic heterocycles. The molecule has 2 nitrogen and oxygen atoms in total. The van der Waals surface area contributed by atoms with Crippen LogP contribution in [0.15, 0.2) is 11.4 Å². The van der Waals surface area contributed by atoms with Gasteiger partial charge < -0.3 is 9.84 Å². The van der Waals surface area contributed by atoms with Crippen LogP contribution >= 0.6 is 22.9 Å². The summed E-state index contributed by atoms with van der Waals surface area (Å²) in [7, 11) is 1.61. The van der Waals surface area contributed by atoms with E-state index in [0.717, 1.165) is 17.7 Å². The summed E-state index contributed by atoms with van der Waals surface area (Å²) in [6.07, 6.45) is 2.13. The first-order valence-corrected chi connectivity index (χ1v) is 5.89. The first kappa shape index (κ1) is 10.4. The van der Waals surface area contributed by atoms with Crippen molar-refractivity contribution in [1.82, 2.24) is 0 Å². The number of aliphatic hydroxyl groups is 1. The molecule has 1 aliphatic rings. The molecule has 78 valence electrons. The lowest BCUT2D eigenvalue weighted by Gasteiger charge is -2.26. The van der Waals surface area contributed by atoms with Gasteiger partial charge in [-0.2, -0.15) is 0 Å².